The van der Waals surface area contributed by atoms with Crippen LogP contribution in [-0.2, 0) is 16.6 Å². The molecular formula is C22H22ClN3O. The standard InChI is InChI=1S/C22H22ClN3O/c23-19-7-5-18(6-8-19)22(12-1-13-22)21(27)24-15-11-17-3-9-20(10-4-17)26-16-2-14-25-26/h2-10,14,16H,1,11-13,15H2,(H,24,27). The summed E-state index contributed by atoms with van der Waals surface area (Å²) in [5.41, 5.74) is 2.91. The average molecular weight is 380 g/mol. The Morgan fingerprint density at radius 2 is 1.85 bits per heavy atom. The van der Waals surface area contributed by atoms with Gasteiger partial charge in [-0.2, -0.15) is 5.10 Å². The lowest BCUT2D eigenvalue weighted by Crippen LogP contribution is -2.49. The number of carbonyl (C=O) groups excluding carboxylic acids is 1. The van der Waals surface area contributed by atoms with E-state index in [0.717, 1.165) is 36.9 Å². The van der Waals surface area contributed by atoms with E-state index < -0.39 is 0 Å². The van der Waals surface area contributed by atoms with Crippen LogP contribution in [0.2, 0.25) is 5.02 Å². The Kier molecular flexibility index (Phi) is 4.99. The number of rotatable bonds is 6. The minimum Gasteiger partial charge on any atom is -0.355 e. The highest BCUT2D eigenvalue weighted by Crippen LogP contribution is 2.44. The van der Waals surface area contributed by atoms with Crippen LogP contribution in [0.3, 0.4) is 0 Å². The third kappa shape index (κ3) is 3.62. The van der Waals surface area contributed by atoms with E-state index in [0.29, 0.717) is 11.6 Å². The molecule has 4 rings (SSSR count). The molecule has 1 aliphatic rings. The first-order chi connectivity index (χ1) is 13.2. The van der Waals surface area contributed by atoms with Gasteiger partial charge in [-0.15, -0.1) is 0 Å². The Balaban J connectivity index is 1.35. The molecular weight excluding hydrogens is 358 g/mol. The SMILES string of the molecule is O=C(NCCc1ccc(-n2cccn2)cc1)C1(c2ccc(Cl)cc2)CCC1. The quantitative estimate of drug-likeness (QED) is 0.693. The van der Waals surface area contributed by atoms with Crippen LogP contribution in [0, 0.1) is 0 Å². The fourth-order valence-corrected chi connectivity index (χ4v) is 3.80. The van der Waals surface area contributed by atoms with E-state index >= 15 is 0 Å². The number of amides is 1. The lowest BCUT2D eigenvalue weighted by atomic mass is 9.64. The summed E-state index contributed by atoms with van der Waals surface area (Å²) in [5.74, 6) is 0.129. The number of aromatic nitrogens is 2. The first kappa shape index (κ1) is 17.8. The van der Waals surface area contributed by atoms with Crippen molar-refractivity contribution in [2.24, 2.45) is 0 Å². The molecule has 1 fully saturated rings. The van der Waals surface area contributed by atoms with Gasteiger partial charge in [-0.3, -0.25) is 4.79 Å². The third-order valence-corrected chi connectivity index (χ3v) is 5.70. The summed E-state index contributed by atoms with van der Waals surface area (Å²) in [6.45, 7) is 0.634. The average Bonchev–Trinajstić information content (AvgIpc) is 3.18. The molecule has 1 N–H and O–H groups in total. The van der Waals surface area contributed by atoms with Gasteiger partial charge in [0.05, 0.1) is 11.1 Å². The lowest BCUT2D eigenvalue weighted by molar-refractivity contribution is -0.129. The van der Waals surface area contributed by atoms with Gasteiger partial charge in [-0.1, -0.05) is 42.3 Å². The first-order valence-corrected chi connectivity index (χ1v) is 9.68. The fraction of sp³-hybridized carbons (Fsp3) is 0.273. The maximum atomic E-state index is 12.9. The van der Waals surface area contributed by atoms with E-state index in [1.54, 1.807) is 6.20 Å². The predicted molar refractivity (Wildman–Crippen MR) is 107 cm³/mol. The minimum absolute atomic E-state index is 0.129. The van der Waals surface area contributed by atoms with Crippen molar-refractivity contribution in [1.82, 2.24) is 15.1 Å². The van der Waals surface area contributed by atoms with Crippen LogP contribution in [0.5, 0.6) is 0 Å². The van der Waals surface area contributed by atoms with Crippen molar-refractivity contribution in [2.45, 2.75) is 31.1 Å². The number of benzene rings is 2. The monoisotopic (exact) mass is 379 g/mol. The molecule has 0 atom stereocenters. The van der Waals surface area contributed by atoms with Crippen molar-refractivity contribution in [3.63, 3.8) is 0 Å². The lowest BCUT2D eigenvalue weighted by Gasteiger charge is -2.40. The Bertz CT molecular complexity index is 898. The zero-order chi connectivity index (χ0) is 18.7. The molecule has 1 heterocycles. The highest BCUT2D eigenvalue weighted by atomic mass is 35.5. The maximum Gasteiger partial charge on any atom is 0.230 e. The molecule has 1 saturated carbocycles. The molecule has 4 nitrogen and oxygen atoms in total. The molecule has 138 valence electrons. The number of carbonyl (C=O) groups is 1. The fourth-order valence-electron chi connectivity index (χ4n) is 3.67. The molecule has 0 radical (unpaired) electrons. The van der Waals surface area contributed by atoms with Crippen LogP contribution in [0.15, 0.2) is 67.0 Å². The van der Waals surface area contributed by atoms with Gasteiger partial charge >= 0.3 is 0 Å². The predicted octanol–water partition coefficient (Wildman–Crippen LogP) is 4.31. The van der Waals surface area contributed by atoms with Crippen LogP contribution < -0.4 is 5.32 Å². The van der Waals surface area contributed by atoms with Gasteiger partial charge < -0.3 is 5.32 Å². The van der Waals surface area contributed by atoms with Crippen LogP contribution in [0.4, 0.5) is 0 Å². The van der Waals surface area contributed by atoms with Crippen LogP contribution in [0.25, 0.3) is 5.69 Å². The van der Waals surface area contributed by atoms with Crippen molar-refractivity contribution in [3.8, 4) is 5.69 Å². The van der Waals surface area contributed by atoms with Crippen molar-refractivity contribution in [2.75, 3.05) is 6.54 Å². The topological polar surface area (TPSA) is 46.9 Å². The molecule has 1 aromatic heterocycles. The molecule has 0 spiro atoms. The molecule has 0 aliphatic heterocycles. The summed E-state index contributed by atoms with van der Waals surface area (Å²) in [4.78, 5) is 12.9. The molecule has 3 aromatic rings. The molecule has 0 bridgehead atoms. The molecule has 5 heteroatoms. The Labute approximate surface area is 164 Å². The third-order valence-electron chi connectivity index (χ3n) is 5.44. The molecule has 0 unspecified atom stereocenters. The number of halogens is 1. The van der Waals surface area contributed by atoms with E-state index in [9.17, 15) is 4.79 Å². The summed E-state index contributed by atoms with van der Waals surface area (Å²) in [6, 6.07) is 17.9. The number of hydrogen-bond donors (Lipinski definition) is 1. The van der Waals surface area contributed by atoms with Gasteiger partial charge in [0.2, 0.25) is 5.91 Å². The van der Waals surface area contributed by atoms with E-state index in [2.05, 4.69) is 22.5 Å². The summed E-state index contributed by atoms with van der Waals surface area (Å²) in [6.07, 6.45) is 7.38. The van der Waals surface area contributed by atoms with Gasteiger partial charge in [-0.05, 0) is 60.7 Å². The van der Waals surface area contributed by atoms with Crippen molar-refractivity contribution >= 4 is 17.5 Å². The molecule has 1 amide bonds. The number of nitrogens with zero attached hydrogens (tertiary/aromatic N) is 2. The second-order valence-electron chi connectivity index (χ2n) is 7.07. The molecule has 1 aliphatic carbocycles. The van der Waals surface area contributed by atoms with E-state index in [-0.39, 0.29) is 11.3 Å². The Morgan fingerprint density at radius 3 is 2.44 bits per heavy atom. The number of nitrogens with one attached hydrogen (secondary N) is 1. The van der Waals surface area contributed by atoms with E-state index in [1.807, 2.05) is 53.3 Å². The molecule has 2 aromatic carbocycles. The van der Waals surface area contributed by atoms with Crippen molar-refractivity contribution in [1.29, 1.82) is 0 Å². The van der Waals surface area contributed by atoms with E-state index in [1.165, 1.54) is 5.56 Å². The molecule has 27 heavy (non-hydrogen) atoms. The van der Waals surface area contributed by atoms with Crippen LogP contribution >= 0.6 is 11.6 Å². The summed E-state index contributed by atoms with van der Waals surface area (Å²) < 4.78 is 1.83. The van der Waals surface area contributed by atoms with Crippen LogP contribution in [0.1, 0.15) is 30.4 Å². The van der Waals surface area contributed by atoms with Gasteiger partial charge in [-0.25, -0.2) is 4.68 Å². The second kappa shape index (κ2) is 7.57. The van der Waals surface area contributed by atoms with Gasteiger partial charge in [0.15, 0.2) is 0 Å². The largest absolute Gasteiger partial charge is 0.355 e. The van der Waals surface area contributed by atoms with Crippen molar-refractivity contribution < 1.29 is 4.79 Å². The number of hydrogen-bond acceptors (Lipinski definition) is 2. The van der Waals surface area contributed by atoms with Crippen LogP contribution in [-0.4, -0.2) is 22.2 Å². The highest BCUT2D eigenvalue weighted by Gasteiger charge is 2.45. The van der Waals surface area contributed by atoms with Gasteiger partial charge in [0, 0.05) is 24.0 Å². The summed E-state index contributed by atoms with van der Waals surface area (Å²) >= 11 is 5.99. The molecule has 0 saturated heterocycles. The Morgan fingerprint density at radius 1 is 1.11 bits per heavy atom. The smallest absolute Gasteiger partial charge is 0.230 e. The van der Waals surface area contributed by atoms with Crippen molar-refractivity contribution in [3.05, 3.63) is 83.1 Å². The summed E-state index contributed by atoms with van der Waals surface area (Å²) in [5, 5.41) is 8.07. The first-order valence-electron chi connectivity index (χ1n) is 9.31. The van der Waals surface area contributed by atoms with Gasteiger partial charge in [0.1, 0.15) is 0 Å². The zero-order valence-corrected chi connectivity index (χ0v) is 15.8. The highest BCUT2D eigenvalue weighted by molar-refractivity contribution is 6.30. The summed E-state index contributed by atoms with van der Waals surface area (Å²) in [7, 11) is 0. The maximum absolute atomic E-state index is 12.9. The zero-order valence-electron chi connectivity index (χ0n) is 15.1. The normalized spacial score (nSPS) is 15.1. The van der Waals surface area contributed by atoms with Gasteiger partial charge in [0.25, 0.3) is 0 Å². The second-order valence-corrected chi connectivity index (χ2v) is 7.50. The van der Waals surface area contributed by atoms with E-state index in [4.69, 9.17) is 11.6 Å². The Hall–Kier alpha value is -2.59. The minimum atomic E-state index is -0.380.